The van der Waals surface area contributed by atoms with Gasteiger partial charge in [-0.3, -0.25) is 4.79 Å². The summed E-state index contributed by atoms with van der Waals surface area (Å²) < 4.78 is 6.52. The molecular weight excluding hydrogens is 418 g/mol. The first-order chi connectivity index (χ1) is 15.4. The van der Waals surface area contributed by atoms with Crippen LogP contribution in [0.1, 0.15) is 39.5 Å². The van der Waals surface area contributed by atoms with Crippen molar-refractivity contribution in [3.8, 4) is 5.75 Å². The van der Waals surface area contributed by atoms with E-state index in [0.717, 1.165) is 38.2 Å². The molecule has 1 amide bonds. The third kappa shape index (κ3) is 4.70. The quantitative estimate of drug-likeness (QED) is 0.259. The second kappa shape index (κ2) is 9.32. The smallest absolute Gasteiger partial charge is 0.280 e. The predicted octanol–water partition coefficient (Wildman–Crippen LogP) is 6.30. The average molecular weight is 444 g/mol. The van der Waals surface area contributed by atoms with Crippen molar-refractivity contribution in [1.82, 2.24) is 4.98 Å². The molecule has 0 fully saturated rings. The topological polar surface area (TPSA) is 54.8 Å². The minimum atomic E-state index is -0.217. The molecule has 0 N–H and O–H groups in total. The zero-order valence-electron chi connectivity index (χ0n) is 18.6. The molecule has 162 valence electrons. The Morgan fingerprint density at radius 1 is 1.03 bits per heavy atom. The van der Waals surface area contributed by atoms with Crippen molar-refractivity contribution in [1.29, 1.82) is 0 Å². The van der Waals surface area contributed by atoms with Crippen LogP contribution in [0, 0.1) is 20.8 Å². The number of aryl methyl sites for hydroxylation is 3. The number of fused-ring (bicyclic) bond motifs is 1. The number of rotatable bonds is 6. The van der Waals surface area contributed by atoms with Gasteiger partial charge in [-0.1, -0.05) is 23.5 Å². The summed E-state index contributed by atoms with van der Waals surface area (Å²) in [6.07, 6.45) is 1.67. The van der Waals surface area contributed by atoms with Crippen molar-refractivity contribution >= 4 is 38.8 Å². The summed E-state index contributed by atoms with van der Waals surface area (Å²) in [5.41, 5.74) is 5.64. The molecule has 0 spiro atoms. The summed E-state index contributed by atoms with van der Waals surface area (Å²) in [4.78, 5) is 18.2. The highest BCUT2D eigenvalue weighted by Crippen LogP contribution is 2.31. The third-order valence-electron chi connectivity index (χ3n) is 5.17. The van der Waals surface area contributed by atoms with Crippen LogP contribution in [0.3, 0.4) is 0 Å². The number of carbonyl (C=O) groups is 1. The van der Waals surface area contributed by atoms with E-state index in [4.69, 9.17) is 4.74 Å². The number of anilines is 1. The normalized spacial score (nSPS) is 11.2. The number of benzene rings is 3. The standard InChI is InChI=1S/C26H25N3O2S/c1-5-31-22-11-8-20(9-12-22)16-27-29(25(30)21-10-7-18(3)19(4)15-21)26-28-23-13-6-17(2)14-24(23)32-26/h6-16H,5H2,1-4H3/b27-16+. The maximum atomic E-state index is 13.5. The zero-order chi connectivity index (χ0) is 22.7. The van der Waals surface area contributed by atoms with E-state index < -0.39 is 0 Å². The first-order valence-electron chi connectivity index (χ1n) is 10.5. The molecule has 0 aliphatic heterocycles. The number of thiazole rings is 1. The number of hydrogen-bond donors (Lipinski definition) is 0. The van der Waals surface area contributed by atoms with Gasteiger partial charge in [0, 0.05) is 5.56 Å². The van der Waals surface area contributed by atoms with Crippen molar-refractivity contribution in [2.45, 2.75) is 27.7 Å². The third-order valence-corrected chi connectivity index (χ3v) is 6.17. The molecule has 1 aromatic heterocycles. The van der Waals surface area contributed by atoms with E-state index in [1.54, 1.807) is 6.21 Å². The van der Waals surface area contributed by atoms with E-state index in [2.05, 4.69) is 16.2 Å². The van der Waals surface area contributed by atoms with E-state index in [1.165, 1.54) is 16.3 Å². The Labute approximate surface area is 192 Å². The number of hydrogen-bond acceptors (Lipinski definition) is 5. The van der Waals surface area contributed by atoms with Crippen LogP contribution < -0.4 is 9.75 Å². The number of aromatic nitrogens is 1. The van der Waals surface area contributed by atoms with Crippen molar-refractivity contribution in [2.24, 2.45) is 5.10 Å². The second-order valence-corrected chi connectivity index (χ2v) is 8.64. The van der Waals surface area contributed by atoms with Crippen molar-refractivity contribution in [3.63, 3.8) is 0 Å². The Kier molecular flexibility index (Phi) is 6.32. The molecule has 32 heavy (non-hydrogen) atoms. The van der Waals surface area contributed by atoms with E-state index in [-0.39, 0.29) is 5.91 Å². The molecule has 0 atom stereocenters. The molecule has 3 aromatic carbocycles. The highest BCUT2D eigenvalue weighted by molar-refractivity contribution is 7.22. The molecule has 4 aromatic rings. The molecule has 0 bridgehead atoms. The molecule has 4 rings (SSSR count). The van der Waals surface area contributed by atoms with Crippen LogP contribution in [0.5, 0.6) is 5.75 Å². The van der Waals surface area contributed by atoms with Gasteiger partial charge in [-0.05, 0) is 98.5 Å². The van der Waals surface area contributed by atoms with Crippen LogP contribution in [0.15, 0.2) is 65.8 Å². The van der Waals surface area contributed by atoms with Crippen LogP contribution in [-0.4, -0.2) is 23.7 Å². The maximum Gasteiger partial charge on any atom is 0.280 e. The molecular formula is C26H25N3O2S. The summed E-state index contributed by atoms with van der Waals surface area (Å²) in [6, 6.07) is 19.4. The number of amides is 1. The summed E-state index contributed by atoms with van der Waals surface area (Å²) in [5.74, 6) is 0.584. The van der Waals surface area contributed by atoms with Crippen LogP contribution in [-0.2, 0) is 0 Å². The molecule has 0 radical (unpaired) electrons. The lowest BCUT2D eigenvalue weighted by Gasteiger charge is -2.14. The fourth-order valence-electron chi connectivity index (χ4n) is 3.24. The highest BCUT2D eigenvalue weighted by atomic mass is 32.1. The van der Waals surface area contributed by atoms with Gasteiger partial charge in [0.05, 0.1) is 23.0 Å². The van der Waals surface area contributed by atoms with Crippen molar-refractivity contribution < 1.29 is 9.53 Å². The Balaban J connectivity index is 1.72. The summed E-state index contributed by atoms with van der Waals surface area (Å²) in [6.45, 7) is 8.64. The van der Waals surface area contributed by atoms with Gasteiger partial charge >= 0.3 is 0 Å². The molecule has 1 heterocycles. The monoisotopic (exact) mass is 443 g/mol. The number of ether oxygens (including phenoxy) is 1. The first kappa shape index (κ1) is 21.7. The minimum Gasteiger partial charge on any atom is -0.494 e. The highest BCUT2D eigenvalue weighted by Gasteiger charge is 2.21. The molecule has 0 aliphatic carbocycles. The van der Waals surface area contributed by atoms with Gasteiger partial charge in [-0.15, -0.1) is 0 Å². The van der Waals surface area contributed by atoms with Crippen molar-refractivity contribution in [3.05, 3.63) is 88.5 Å². The number of carbonyl (C=O) groups excluding carboxylic acids is 1. The molecule has 0 saturated carbocycles. The largest absolute Gasteiger partial charge is 0.494 e. The van der Waals surface area contributed by atoms with Gasteiger partial charge in [0.25, 0.3) is 5.91 Å². The lowest BCUT2D eigenvalue weighted by atomic mass is 10.1. The summed E-state index contributed by atoms with van der Waals surface area (Å²) >= 11 is 1.45. The number of nitrogens with zero attached hydrogens (tertiary/aromatic N) is 3. The fourth-order valence-corrected chi connectivity index (χ4v) is 4.26. The minimum absolute atomic E-state index is 0.217. The van der Waals surface area contributed by atoms with Crippen LogP contribution >= 0.6 is 11.3 Å². The van der Waals surface area contributed by atoms with Crippen LogP contribution in [0.4, 0.5) is 5.13 Å². The van der Waals surface area contributed by atoms with E-state index >= 15 is 0 Å². The van der Waals surface area contributed by atoms with E-state index in [0.29, 0.717) is 17.3 Å². The molecule has 6 heteroatoms. The van der Waals surface area contributed by atoms with Gasteiger partial charge in [0.2, 0.25) is 5.13 Å². The lowest BCUT2D eigenvalue weighted by Crippen LogP contribution is -2.25. The van der Waals surface area contributed by atoms with E-state index in [1.807, 2.05) is 82.3 Å². The lowest BCUT2D eigenvalue weighted by molar-refractivity contribution is 0.0987. The second-order valence-electron chi connectivity index (χ2n) is 7.63. The van der Waals surface area contributed by atoms with Crippen LogP contribution in [0.25, 0.3) is 10.2 Å². The Hall–Kier alpha value is -3.51. The maximum absolute atomic E-state index is 13.5. The van der Waals surface area contributed by atoms with Crippen LogP contribution in [0.2, 0.25) is 0 Å². The SMILES string of the molecule is CCOc1ccc(/C=N/N(C(=O)c2ccc(C)c(C)c2)c2nc3ccc(C)cc3s2)cc1. The van der Waals surface area contributed by atoms with Gasteiger partial charge in [0.15, 0.2) is 0 Å². The van der Waals surface area contributed by atoms with Gasteiger partial charge < -0.3 is 4.74 Å². The van der Waals surface area contributed by atoms with Gasteiger partial charge in [0.1, 0.15) is 5.75 Å². The average Bonchev–Trinajstić information content (AvgIpc) is 3.19. The fraction of sp³-hybridized carbons (Fsp3) is 0.192. The summed E-state index contributed by atoms with van der Waals surface area (Å²) in [5, 5.41) is 6.48. The molecule has 0 saturated heterocycles. The molecule has 0 aliphatic rings. The predicted molar refractivity (Wildman–Crippen MR) is 132 cm³/mol. The Morgan fingerprint density at radius 3 is 2.53 bits per heavy atom. The molecule has 5 nitrogen and oxygen atoms in total. The van der Waals surface area contributed by atoms with Gasteiger partial charge in [-0.2, -0.15) is 10.1 Å². The van der Waals surface area contributed by atoms with E-state index in [9.17, 15) is 4.79 Å². The summed E-state index contributed by atoms with van der Waals surface area (Å²) in [7, 11) is 0. The Bertz CT molecular complexity index is 1290. The Morgan fingerprint density at radius 2 is 1.81 bits per heavy atom. The number of hydrazone groups is 1. The van der Waals surface area contributed by atoms with Crippen molar-refractivity contribution in [2.75, 3.05) is 11.6 Å². The molecule has 0 unspecified atom stereocenters. The zero-order valence-corrected chi connectivity index (χ0v) is 19.4. The van der Waals surface area contributed by atoms with Gasteiger partial charge in [-0.25, -0.2) is 4.98 Å². The first-order valence-corrected chi connectivity index (χ1v) is 11.3.